The first-order valence-electron chi connectivity index (χ1n) is 7.84. The summed E-state index contributed by atoms with van der Waals surface area (Å²) in [5, 5.41) is 11.8. The summed E-state index contributed by atoms with van der Waals surface area (Å²) in [6.07, 6.45) is -0.956. The summed E-state index contributed by atoms with van der Waals surface area (Å²) in [5.41, 5.74) is 2.93. The number of hydrogen-bond acceptors (Lipinski definition) is 4. The zero-order chi connectivity index (χ0) is 18.2. The van der Waals surface area contributed by atoms with E-state index >= 15 is 0 Å². The van der Waals surface area contributed by atoms with Gasteiger partial charge in [0.2, 0.25) is 0 Å². The van der Waals surface area contributed by atoms with Crippen molar-refractivity contribution in [3.05, 3.63) is 70.8 Å². The average molecular weight is 351 g/mol. The SMILES string of the molecule is COC(=O)NCCOC(c1cccc(C)c1)c1cccc(C(=O)O)c1.[H-].[Li+]. The van der Waals surface area contributed by atoms with Crippen LogP contribution in [-0.2, 0) is 9.47 Å². The fourth-order valence-corrected chi connectivity index (χ4v) is 2.45. The molecule has 0 aliphatic heterocycles. The number of aryl methyl sites for hydroxylation is 1. The molecule has 0 radical (unpaired) electrons. The van der Waals surface area contributed by atoms with Crippen molar-refractivity contribution in [2.75, 3.05) is 20.3 Å². The standard InChI is InChI=1S/C19H21NO5.Li.H/c1-13-5-3-6-14(11-13)17(25-10-9-20-19(23)24-2)15-7-4-8-16(12-15)18(21)22;;/h3-8,11-12,17H,9-10H2,1-2H3,(H,20,23)(H,21,22);;/q;+1;-1. The summed E-state index contributed by atoms with van der Waals surface area (Å²) in [6.45, 7) is 2.52. The predicted octanol–water partition coefficient (Wildman–Crippen LogP) is 0.272. The summed E-state index contributed by atoms with van der Waals surface area (Å²) >= 11 is 0. The Morgan fingerprint density at radius 1 is 1.15 bits per heavy atom. The van der Waals surface area contributed by atoms with Gasteiger partial charge in [0, 0.05) is 6.54 Å². The second-order valence-electron chi connectivity index (χ2n) is 5.51. The molecule has 134 valence electrons. The van der Waals surface area contributed by atoms with Crippen LogP contribution in [0.3, 0.4) is 0 Å². The van der Waals surface area contributed by atoms with Crippen LogP contribution in [0, 0.1) is 6.92 Å². The molecule has 0 aliphatic carbocycles. The summed E-state index contributed by atoms with van der Waals surface area (Å²) in [6, 6.07) is 14.5. The number of benzene rings is 2. The molecular formula is C19H22LiNO5. The zero-order valence-corrected chi connectivity index (χ0v) is 15.2. The van der Waals surface area contributed by atoms with E-state index in [4.69, 9.17) is 4.74 Å². The Balaban J connectivity index is 0.00000338. The summed E-state index contributed by atoms with van der Waals surface area (Å²) < 4.78 is 10.4. The second kappa shape index (κ2) is 10.7. The zero-order valence-electron chi connectivity index (χ0n) is 16.2. The maximum absolute atomic E-state index is 11.2. The van der Waals surface area contributed by atoms with Crippen LogP contribution in [-0.4, -0.2) is 37.4 Å². The molecule has 0 saturated carbocycles. The number of methoxy groups -OCH3 is 1. The molecule has 0 spiro atoms. The van der Waals surface area contributed by atoms with Crippen molar-refractivity contribution >= 4 is 12.1 Å². The number of carbonyl (C=O) groups excluding carboxylic acids is 1. The van der Waals surface area contributed by atoms with Crippen LogP contribution >= 0.6 is 0 Å². The number of nitrogens with one attached hydrogen (secondary N) is 1. The molecule has 2 aromatic rings. The number of hydrogen-bond donors (Lipinski definition) is 2. The summed E-state index contributed by atoms with van der Waals surface area (Å²) in [7, 11) is 1.29. The number of aromatic carboxylic acids is 1. The van der Waals surface area contributed by atoms with E-state index in [2.05, 4.69) is 10.1 Å². The van der Waals surface area contributed by atoms with Gasteiger partial charge in [0.15, 0.2) is 0 Å². The van der Waals surface area contributed by atoms with E-state index in [-0.39, 0.29) is 39.0 Å². The minimum Gasteiger partial charge on any atom is -1.00 e. The number of alkyl carbamates (subject to hydrolysis) is 1. The first kappa shape index (κ1) is 21.8. The smallest absolute Gasteiger partial charge is 1.00 e. The number of rotatable bonds is 7. The van der Waals surface area contributed by atoms with Crippen molar-refractivity contribution in [1.82, 2.24) is 5.32 Å². The fraction of sp³-hybridized carbons (Fsp3) is 0.263. The molecule has 0 saturated heterocycles. The summed E-state index contributed by atoms with van der Waals surface area (Å²) in [4.78, 5) is 22.3. The van der Waals surface area contributed by atoms with Gasteiger partial charge in [-0.15, -0.1) is 0 Å². The van der Waals surface area contributed by atoms with Crippen LogP contribution in [0.25, 0.3) is 0 Å². The first-order valence-corrected chi connectivity index (χ1v) is 7.84. The van der Waals surface area contributed by atoms with Crippen LogP contribution in [0.1, 0.15) is 34.6 Å². The summed E-state index contributed by atoms with van der Waals surface area (Å²) in [5.74, 6) is -0.989. The number of carboxylic acid groups (broad SMARTS) is 1. The Kier molecular flexibility index (Phi) is 8.93. The number of carboxylic acids is 1. The molecule has 1 unspecified atom stereocenters. The van der Waals surface area contributed by atoms with Gasteiger partial charge in [0.25, 0.3) is 0 Å². The van der Waals surface area contributed by atoms with Crippen molar-refractivity contribution in [3.8, 4) is 0 Å². The van der Waals surface area contributed by atoms with Gasteiger partial charge >= 0.3 is 30.9 Å². The van der Waals surface area contributed by atoms with E-state index in [9.17, 15) is 14.7 Å². The number of carbonyl (C=O) groups is 2. The van der Waals surface area contributed by atoms with Crippen LogP contribution in [0.5, 0.6) is 0 Å². The van der Waals surface area contributed by atoms with Gasteiger partial charge in [0.1, 0.15) is 6.10 Å². The molecule has 7 heteroatoms. The van der Waals surface area contributed by atoms with Crippen molar-refractivity contribution in [2.45, 2.75) is 13.0 Å². The van der Waals surface area contributed by atoms with Crippen molar-refractivity contribution in [3.63, 3.8) is 0 Å². The predicted molar refractivity (Wildman–Crippen MR) is 93.9 cm³/mol. The van der Waals surface area contributed by atoms with Gasteiger partial charge < -0.3 is 21.3 Å². The molecular weight excluding hydrogens is 329 g/mol. The largest absolute Gasteiger partial charge is 1.00 e. The molecule has 2 rings (SSSR count). The van der Waals surface area contributed by atoms with E-state index < -0.39 is 18.2 Å². The molecule has 26 heavy (non-hydrogen) atoms. The quantitative estimate of drug-likeness (QED) is 0.553. The Bertz CT molecular complexity index is 756. The monoisotopic (exact) mass is 351 g/mol. The average Bonchev–Trinajstić information content (AvgIpc) is 2.61. The Hall–Kier alpha value is -2.26. The molecule has 0 heterocycles. The van der Waals surface area contributed by atoms with Gasteiger partial charge in [-0.2, -0.15) is 0 Å². The van der Waals surface area contributed by atoms with Crippen molar-refractivity contribution in [1.29, 1.82) is 0 Å². The normalized spacial score (nSPS) is 11.2. The molecule has 1 atom stereocenters. The van der Waals surface area contributed by atoms with Crippen molar-refractivity contribution < 1.29 is 44.5 Å². The van der Waals surface area contributed by atoms with E-state index in [0.29, 0.717) is 0 Å². The van der Waals surface area contributed by atoms with Crippen LogP contribution in [0.4, 0.5) is 4.79 Å². The minimum absolute atomic E-state index is 0. The maximum Gasteiger partial charge on any atom is 1.00 e. The van der Waals surface area contributed by atoms with Gasteiger partial charge in [-0.25, -0.2) is 9.59 Å². The Labute approximate surface area is 166 Å². The van der Waals surface area contributed by atoms with E-state index in [1.165, 1.54) is 13.2 Å². The maximum atomic E-state index is 11.2. The topological polar surface area (TPSA) is 84.9 Å². The molecule has 2 N–H and O–H groups in total. The fourth-order valence-electron chi connectivity index (χ4n) is 2.45. The molecule has 0 aromatic heterocycles. The number of ether oxygens (including phenoxy) is 2. The van der Waals surface area contributed by atoms with Gasteiger partial charge in [-0.1, -0.05) is 42.0 Å². The van der Waals surface area contributed by atoms with E-state index in [1.54, 1.807) is 12.1 Å². The molecule has 0 aliphatic rings. The molecule has 1 amide bonds. The van der Waals surface area contributed by atoms with Crippen LogP contribution in [0.15, 0.2) is 48.5 Å². The first-order chi connectivity index (χ1) is 12.0. The van der Waals surface area contributed by atoms with Gasteiger partial charge in [-0.05, 0) is 30.2 Å². The van der Waals surface area contributed by atoms with Gasteiger partial charge in [0.05, 0.1) is 19.3 Å². The van der Waals surface area contributed by atoms with Crippen LogP contribution < -0.4 is 24.2 Å². The molecule has 6 nitrogen and oxygen atoms in total. The Morgan fingerprint density at radius 2 is 1.81 bits per heavy atom. The molecule has 0 bridgehead atoms. The minimum atomic E-state index is -0.989. The third kappa shape index (κ3) is 6.23. The third-order valence-electron chi connectivity index (χ3n) is 3.62. The number of amides is 1. The van der Waals surface area contributed by atoms with E-state index in [1.807, 2.05) is 37.3 Å². The van der Waals surface area contributed by atoms with Crippen molar-refractivity contribution in [2.24, 2.45) is 0 Å². The van der Waals surface area contributed by atoms with Crippen LogP contribution in [0.2, 0.25) is 0 Å². The second-order valence-corrected chi connectivity index (χ2v) is 5.51. The third-order valence-corrected chi connectivity index (χ3v) is 3.62. The molecule has 0 fully saturated rings. The van der Waals surface area contributed by atoms with E-state index in [0.717, 1.165) is 16.7 Å². The van der Waals surface area contributed by atoms with Gasteiger partial charge in [-0.3, -0.25) is 0 Å². The Morgan fingerprint density at radius 3 is 2.42 bits per heavy atom. The molecule has 2 aromatic carbocycles.